The lowest BCUT2D eigenvalue weighted by atomic mass is 9.77. The van der Waals surface area contributed by atoms with Crippen LogP contribution in [0.2, 0.25) is 0 Å². The Labute approximate surface area is 200 Å². The number of aliphatic hydroxyl groups is 1. The Morgan fingerprint density at radius 3 is 2.82 bits per heavy atom. The van der Waals surface area contributed by atoms with Crippen LogP contribution in [0.1, 0.15) is 47.0 Å². The Kier molecular flexibility index (Phi) is 12.0. The highest BCUT2D eigenvalue weighted by Gasteiger charge is 2.45. The van der Waals surface area contributed by atoms with Gasteiger partial charge in [0.25, 0.3) is 0 Å². The summed E-state index contributed by atoms with van der Waals surface area (Å²) in [6, 6.07) is 0. The first kappa shape index (κ1) is 28.0. The maximum absolute atomic E-state index is 11.1. The molecule has 0 saturated carbocycles. The summed E-state index contributed by atoms with van der Waals surface area (Å²) in [7, 11) is 3.67. The molecule has 0 bridgehead atoms. The minimum Gasteiger partial charge on any atom is -0.383 e. The number of fused-ring (bicyclic) bond motifs is 1. The van der Waals surface area contributed by atoms with E-state index in [1.165, 1.54) is 5.57 Å². The monoisotopic (exact) mass is 465 g/mol. The van der Waals surface area contributed by atoms with E-state index in [2.05, 4.69) is 60.8 Å². The normalized spacial score (nSPS) is 25.6. The molecule has 2 rings (SSSR count). The van der Waals surface area contributed by atoms with E-state index in [-0.39, 0.29) is 17.6 Å². The van der Waals surface area contributed by atoms with Crippen molar-refractivity contribution in [2.75, 3.05) is 60.1 Å². The lowest BCUT2D eigenvalue weighted by Gasteiger charge is -2.51. The highest BCUT2D eigenvalue weighted by Crippen LogP contribution is 2.40. The quantitative estimate of drug-likeness (QED) is 0.275. The van der Waals surface area contributed by atoms with Gasteiger partial charge >= 0.3 is 0 Å². The molecular weight excluding hydrogens is 418 g/mol. The second-order valence-electron chi connectivity index (χ2n) is 9.43. The Bertz CT molecular complexity index is 679. The van der Waals surface area contributed by atoms with Crippen molar-refractivity contribution in [3.05, 3.63) is 23.4 Å². The maximum atomic E-state index is 11.1. The SMILES string of the molecule is CCNCCOC(CCCN=C1CC2(C)C(=CN1)C=C(C(C)C)[C@H](O)N2CCOC)CNC. The fraction of sp³-hybridized carbons (Fsp3) is 0.800. The Morgan fingerprint density at radius 1 is 1.36 bits per heavy atom. The first-order valence-electron chi connectivity index (χ1n) is 12.5. The number of nitrogens with one attached hydrogen (secondary N) is 3. The Hall–Kier alpha value is -1.29. The molecule has 2 unspecified atom stereocenters. The minimum atomic E-state index is -0.608. The van der Waals surface area contributed by atoms with Crippen molar-refractivity contribution in [1.82, 2.24) is 20.9 Å². The van der Waals surface area contributed by atoms with Crippen LogP contribution in [0.5, 0.6) is 0 Å². The molecule has 4 N–H and O–H groups in total. The number of ether oxygens (including phenoxy) is 2. The van der Waals surface area contributed by atoms with E-state index in [0.29, 0.717) is 13.2 Å². The zero-order valence-electron chi connectivity index (χ0n) is 21.6. The number of rotatable bonds is 15. The van der Waals surface area contributed by atoms with E-state index in [1.807, 2.05) is 7.05 Å². The number of methoxy groups -OCH3 is 1. The van der Waals surface area contributed by atoms with Gasteiger partial charge in [0.05, 0.1) is 24.9 Å². The molecule has 190 valence electrons. The van der Waals surface area contributed by atoms with Crippen molar-refractivity contribution in [1.29, 1.82) is 0 Å². The van der Waals surface area contributed by atoms with E-state index >= 15 is 0 Å². The van der Waals surface area contributed by atoms with E-state index in [1.54, 1.807) is 7.11 Å². The van der Waals surface area contributed by atoms with Gasteiger partial charge in [-0.2, -0.15) is 0 Å². The summed E-state index contributed by atoms with van der Waals surface area (Å²) in [5, 5.41) is 21.1. The summed E-state index contributed by atoms with van der Waals surface area (Å²) in [5.74, 6) is 1.24. The van der Waals surface area contributed by atoms with Crippen LogP contribution in [0.15, 0.2) is 28.4 Å². The molecule has 8 heteroatoms. The van der Waals surface area contributed by atoms with Gasteiger partial charge in [0.1, 0.15) is 12.1 Å². The summed E-state index contributed by atoms with van der Waals surface area (Å²) in [4.78, 5) is 7.03. The summed E-state index contributed by atoms with van der Waals surface area (Å²) in [6.07, 6.45) is 6.50. The van der Waals surface area contributed by atoms with Crippen LogP contribution in [0.3, 0.4) is 0 Å². The summed E-state index contributed by atoms with van der Waals surface area (Å²) in [5.41, 5.74) is 1.92. The molecule has 3 atom stereocenters. The number of aliphatic hydroxyl groups excluding tert-OH is 1. The number of amidine groups is 1. The summed E-state index contributed by atoms with van der Waals surface area (Å²) in [6.45, 7) is 14.0. The molecule has 2 aliphatic rings. The van der Waals surface area contributed by atoms with Crippen LogP contribution >= 0.6 is 0 Å². The van der Waals surface area contributed by atoms with Gasteiger partial charge in [-0.05, 0) is 50.4 Å². The molecule has 0 aliphatic carbocycles. The number of likely N-dealkylation sites (N-methyl/N-ethyl adjacent to an activating group) is 2. The molecule has 2 heterocycles. The van der Waals surface area contributed by atoms with Gasteiger partial charge in [-0.3, -0.25) is 9.89 Å². The molecule has 0 spiro atoms. The zero-order chi connectivity index (χ0) is 24.3. The Balaban J connectivity index is 2.01. The third kappa shape index (κ3) is 7.87. The van der Waals surface area contributed by atoms with Gasteiger partial charge in [0.2, 0.25) is 0 Å². The molecular formula is C25H47N5O3. The van der Waals surface area contributed by atoms with E-state index < -0.39 is 6.23 Å². The van der Waals surface area contributed by atoms with Crippen LogP contribution in [-0.4, -0.2) is 93.8 Å². The van der Waals surface area contributed by atoms with Crippen molar-refractivity contribution in [3.8, 4) is 0 Å². The van der Waals surface area contributed by atoms with E-state index in [9.17, 15) is 5.11 Å². The van der Waals surface area contributed by atoms with Gasteiger partial charge in [-0.25, -0.2) is 0 Å². The Morgan fingerprint density at radius 2 is 2.15 bits per heavy atom. The largest absolute Gasteiger partial charge is 0.383 e. The first-order chi connectivity index (χ1) is 15.9. The topological polar surface area (TPSA) is 90.4 Å². The standard InChI is InChI=1S/C25H47N5O3/c1-7-27-11-13-33-21(18-26-5)9-8-10-28-23-16-25(4)20(17-29-23)15-22(19(2)3)24(31)30(25)12-14-32-6/h15,17,19,21,24,26-27,31H,7-14,16,18H2,1-6H3,(H,28,29)/t21?,24-,25?/m0/s1. The van der Waals surface area contributed by atoms with Crippen LogP contribution in [0.25, 0.3) is 0 Å². The highest BCUT2D eigenvalue weighted by atomic mass is 16.5. The molecule has 2 aliphatic heterocycles. The van der Waals surface area contributed by atoms with Crippen molar-refractivity contribution < 1.29 is 14.6 Å². The van der Waals surface area contributed by atoms with Crippen molar-refractivity contribution >= 4 is 5.84 Å². The van der Waals surface area contributed by atoms with Crippen molar-refractivity contribution in [3.63, 3.8) is 0 Å². The number of hydrogen-bond donors (Lipinski definition) is 4. The van der Waals surface area contributed by atoms with E-state index in [0.717, 1.165) is 63.5 Å². The number of nitrogens with zero attached hydrogens (tertiary/aromatic N) is 2. The van der Waals surface area contributed by atoms with Gasteiger partial charge in [-0.15, -0.1) is 0 Å². The molecule has 0 saturated heterocycles. The minimum absolute atomic E-state index is 0.204. The second-order valence-corrected chi connectivity index (χ2v) is 9.43. The van der Waals surface area contributed by atoms with Crippen molar-refractivity contribution in [2.45, 2.75) is 64.8 Å². The lowest BCUT2D eigenvalue weighted by Crippen LogP contribution is -2.60. The number of hydrogen-bond acceptors (Lipinski definition) is 7. The average molecular weight is 466 g/mol. The maximum Gasteiger partial charge on any atom is 0.130 e. The van der Waals surface area contributed by atoms with Gasteiger partial charge in [0, 0.05) is 45.9 Å². The zero-order valence-corrected chi connectivity index (χ0v) is 21.6. The third-order valence-corrected chi connectivity index (χ3v) is 6.58. The van der Waals surface area contributed by atoms with Gasteiger partial charge in [-0.1, -0.05) is 26.8 Å². The molecule has 0 aromatic rings. The van der Waals surface area contributed by atoms with Crippen LogP contribution in [0, 0.1) is 5.92 Å². The molecule has 8 nitrogen and oxygen atoms in total. The van der Waals surface area contributed by atoms with E-state index in [4.69, 9.17) is 14.5 Å². The first-order valence-corrected chi connectivity index (χ1v) is 12.5. The van der Waals surface area contributed by atoms with Crippen LogP contribution in [0.4, 0.5) is 0 Å². The molecule has 33 heavy (non-hydrogen) atoms. The third-order valence-electron chi connectivity index (χ3n) is 6.58. The fourth-order valence-corrected chi connectivity index (χ4v) is 4.57. The average Bonchev–Trinajstić information content (AvgIpc) is 2.78. The molecule has 0 aromatic carbocycles. The van der Waals surface area contributed by atoms with Crippen LogP contribution < -0.4 is 16.0 Å². The number of aliphatic imine (C=N–C) groups is 1. The lowest BCUT2D eigenvalue weighted by molar-refractivity contribution is -0.0468. The van der Waals surface area contributed by atoms with Gasteiger partial charge in [0.15, 0.2) is 0 Å². The predicted octanol–water partition coefficient (Wildman–Crippen LogP) is 1.88. The summed E-state index contributed by atoms with van der Waals surface area (Å²) < 4.78 is 11.3. The van der Waals surface area contributed by atoms with Crippen LogP contribution in [-0.2, 0) is 9.47 Å². The molecule has 0 fully saturated rings. The predicted molar refractivity (Wildman–Crippen MR) is 135 cm³/mol. The van der Waals surface area contributed by atoms with Crippen molar-refractivity contribution in [2.24, 2.45) is 10.9 Å². The smallest absolute Gasteiger partial charge is 0.130 e. The molecule has 0 amide bonds. The fourth-order valence-electron chi connectivity index (χ4n) is 4.57. The summed E-state index contributed by atoms with van der Waals surface area (Å²) >= 11 is 0. The van der Waals surface area contributed by atoms with Gasteiger partial charge < -0.3 is 30.5 Å². The molecule has 0 aromatic heterocycles. The highest BCUT2D eigenvalue weighted by molar-refractivity contribution is 5.86. The molecule has 0 radical (unpaired) electrons. The second kappa shape index (κ2) is 14.2.